The lowest BCUT2D eigenvalue weighted by molar-refractivity contribution is 0.0708. The average Bonchev–Trinajstić information content (AvgIpc) is 3.11. The molecule has 1 aromatic heterocycles. The summed E-state index contributed by atoms with van der Waals surface area (Å²) >= 11 is 1.50. The fraction of sp³-hybridized carbons (Fsp3) is 0.526. The van der Waals surface area contributed by atoms with E-state index in [-0.39, 0.29) is 17.7 Å². The monoisotopic (exact) mass is 438 g/mol. The Bertz CT molecular complexity index is 937. The van der Waals surface area contributed by atoms with Crippen LogP contribution in [0.3, 0.4) is 0 Å². The molecule has 158 valence electrons. The van der Waals surface area contributed by atoms with Gasteiger partial charge in [-0.05, 0) is 31.4 Å². The van der Waals surface area contributed by atoms with E-state index in [1.54, 1.807) is 11.8 Å². The summed E-state index contributed by atoms with van der Waals surface area (Å²) in [4.78, 5) is 19.9. The molecular formula is C19H26N4O4S2. The maximum Gasteiger partial charge on any atom is 0.254 e. The minimum Gasteiger partial charge on any atom is -0.340 e. The molecule has 0 saturated carbocycles. The molecule has 29 heavy (non-hydrogen) atoms. The Morgan fingerprint density at radius 1 is 1.31 bits per heavy atom. The van der Waals surface area contributed by atoms with Gasteiger partial charge in [0.1, 0.15) is 0 Å². The van der Waals surface area contributed by atoms with Crippen molar-refractivity contribution in [3.63, 3.8) is 0 Å². The molecular weight excluding hydrogens is 412 g/mol. The number of thioether (sulfide) groups is 1. The van der Waals surface area contributed by atoms with Crippen LogP contribution < -0.4 is 4.72 Å². The number of benzene rings is 1. The minimum atomic E-state index is -3.24. The van der Waals surface area contributed by atoms with Gasteiger partial charge in [-0.25, -0.2) is 13.1 Å². The zero-order valence-electron chi connectivity index (χ0n) is 16.6. The number of rotatable bonds is 8. The fourth-order valence-electron chi connectivity index (χ4n) is 3.26. The van der Waals surface area contributed by atoms with Crippen LogP contribution >= 0.6 is 11.8 Å². The molecule has 2 aromatic rings. The molecule has 1 aromatic carbocycles. The minimum absolute atomic E-state index is 0.0349. The summed E-state index contributed by atoms with van der Waals surface area (Å²) in [5, 5.41) is 3.89. The van der Waals surface area contributed by atoms with Crippen LogP contribution in [-0.2, 0) is 15.8 Å². The van der Waals surface area contributed by atoms with Crippen LogP contribution in [0.15, 0.2) is 33.7 Å². The van der Waals surface area contributed by atoms with Crippen molar-refractivity contribution in [1.29, 1.82) is 0 Å². The topological polar surface area (TPSA) is 105 Å². The molecule has 1 fully saturated rings. The number of hydrogen-bond donors (Lipinski definition) is 1. The third kappa shape index (κ3) is 6.03. The summed E-state index contributed by atoms with van der Waals surface area (Å²) in [5.41, 5.74) is 0.641. The van der Waals surface area contributed by atoms with Gasteiger partial charge < -0.3 is 9.42 Å². The van der Waals surface area contributed by atoms with Crippen molar-refractivity contribution < 1.29 is 17.7 Å². The van der Waals surface area contributed by atoms with Gasteiger partial charge in [-0.3, -0.25) is 4.79 Å². The van der Waals surface area contributed by atoms with E-state index in [0.717, 1.165) is 4.90 Å². The molecule has 0 spiro atoms. The van der Waals surface area contributed by atoms with E-state index in [1.165, 1.54) is 11.8 Å². The number of sulfonamides is 1. The average molecular weight is 439 g/mol. The molecule has 3 rings (SSSR count). The fourth-order valence-corrected chi connectivity index (χ4v) is 5.55. The van der Waals surface area contributed by atoms with E-state index in [1.807, 2.05) is 31.2 Å². The molecule has 10 heteroatoms. The molecule has 1 aliphatic heterocycles. The Balaban J connectivity index is 1.60. The second-order valence-corrected chi connectivity index (χ2v) is 9.91. The summed E-state index contributed by atoms with van der Waals surface area (Å²) in [6.45, 7) is 4.64. The lowest BCUT2D eigenvalue weighted by Crippen LogP contribution is -2.47. The Kier molecular flexibility index (Phi) is 7.31. The molecule has 8 nitrogen and oxygen atoms in total. The van der Waals surface area contributed by atoms with Gasteiger partial charge in [0.05, 0.1) is 17.1 Å². The number of carbonyl (C=O) groups is 1. The van der Waals surface area contributed by atoms with Crippen LogP contribution in [0.4, 0.5) is 0 Å². The SMILES string of the molecule is CCCS(=O)(=O)NC1CCN(C(=O)c2ccccc2SCc2noc(C)n2)CC1. The quantitative estimate of drug-likeness (QED) is 0.632. The first kappa shape index (κ1) is 21.8. The van der Waals surface area contributed by atoms with E-state index in [4.69, 9.17) is 4.52 Å². The van der Waals surface area contributed by atoms with Gasteiger partial charge in [0.2, 0.25) is 15.9 Å². The van der Waals surface area contributed by atoms with Crippen LogP contribution in [0.2, 0.25) is 0 Å². The molecule has 0 bridgehead atoms. The van der Waals surface area contributed by atoms with Gasteiger partial charge in [-0.15, -0.1) is 11.8 Å². The summed E-state index contributed by atoms with van der Waals surface area (Å²) in [5.74, 6) is 1.73. The summed E-state index contributed by atoms with van der Waals surface area (Å²) < 4.78 is 31.7. The van der Waals surface area contributed by atoms with Crippen molar-refractivity contribution in [1.82, 2.24) is 19.8 Å². The number of nitrogens with zero attached hydrogens (tertiary/aromatic N) is 3. The van der Waals surface area contributed by atoms with Crippen LogP contribution in [-0.4, -0.2) is 54.2 Å². The largest absolute Gasteiger partial charge is 0.340 e. The van der Waals surface area contributed by atoms with Crippen LogP contribution in [0.1, 0.15) is 48.3 Å². The Labute approximate surface area is 175 Å². The number of nitrogens with one attached hydrogen (secondary N) is 1. The zero-order chi connectivity index (χ0) is 20.9. The van der Waals surface area contributed by atoms with Crippen molar-refractivity contribution in [3.8, 4) is 0 Å². The first-order valence-corrected chi connectivity index (χ1v) is 12.3. The molecule has 0 atom stereocenters. The molecule has 1 aliphatic rings. The van der Waals surface area contributed by atoms with Crippen LogP contribution in [0.25, 0.3) is 0 Å². The van der Waals surface area contributed by atoms with Crippen molar-refractivity contribution in [2.45, 2.75) is 49.8 Å². The van der Waals surface area contributed by atoms with Gasteiger partial charge >= 0.3 is 0 Å². The Morgan fingerprint density at radius 2 is 2.03 bits per heavy atom. The van der Waals surface area contributed by atoms with Crippen LogP contribution in [0.5, 0.6) is 0 Å². The smallest absolute Gasteiger partial charge is 0.254 e. The second kappa shape index (κ2) is 9.73. The Hall–Kier alpha value is -1.91. The normalized spacial score (nSPS) is 15.6. The summed E-state index contributed by atoms with van der Waals surface area (Å²) in [7, 11) is -3.24. The Morgan fingerprint density at radius 3 is 2.69 bits per heavy atom. The number of aryl methyl sites for hydroxylation is 1. The van der Waals surface area contributed by atoms with Crippen molar-refractivity contribution >= 4 is 27.7 Å². The predicted molar refractivity (Wildman–Crippen MR) is 111 cm³/mol. The highest BCUT2D eigenvalue weighted by molar-refractivity contribution is 7.98. The number of amides is 1. The molecule has 2 heterocycles. The van der Waals surface area contributed by atoms with Gasteiger partial charge in [-0.1, -0.05) is 24.2 Å². The molecule has 0 radical (unpaired) electrons. The summed E-state index contributed by atoms with van der Waals surface area (Å²) in [6, 6.07) is 7.37. The van der Waals surface area contributed by atoms with E-state index in [0.29, 0.717) is 55.4 Å². The highest BCUT2D eigenvalue weighted by Gasteiger charge is 2.27. The highest BCUT2D eigenvalue weighted by Crippen LogP contribution is 2.27. The molecule has 0 aliphatic carbocycles. The first-order valence-electron chi connectivity index (χ1n) is 9.68. The number of hydrogen-bond acceptors (Lipinski definition) is 7. The highest BCUT2D eigenvalue weighted by atomic mass is 32.2. The lowest BCUT2D eigenvalue weighted by Gasteiger charge is -2.32. The van der Waals surface area contributed by atoms with E-state index in [9.17, 15) is 13.2 Å². The van der Waals surface area contributed by atoms with Crippen LogP contribution in [0, 0.1) is 6.92 Å². The van der Waals surface area contributed by atoms with E-state index in [2.05, 4.69) is 14.9 Å². The molecule has 0 unspecified atom stereocenters. The maximum atomic E-state index is 13.1. The number of piperidine rings is 1. The zero-order valence-corrected chi connectivity index (χ0v) is 18.3. The van der Waals surface area contributed by atoms with Gasteiger partial charge in [0.15, 0.2) is 5.82 Å². The van der Waals surface area contributed by atoms with Crippen molar-refractivity contribution in [3.05, 3.63) is 41.5 Å². The molecule has 1 saturated heterocycles. The van der Waals surface area contributed by atoms with Crippen molar-refractivity contribution in [2.24, 2.45) is 0 Å². The van der Waals surface area contributed by atoms with Gasteiger partial charge in [0.25, 0.3) is 5.91 Å². The standard InChI is InChI=1S/C19H26N4O4S2/c1-3-12-29(25,26)22-15-8-10-23(11-9-15)19(24)16-6-4-5-7-17(16)28-13-18-20-14(2)27-21-18/h4-7,15,22H,3,8-13H2,1-2H3. The van der Waals surface area contributed by atoms with E-state index >= 15 is 0 Å². The van der Waals surface area contributed by atoms with Gasteiger partial charge in [0, 0.05) is 31.0 Å². The second-order valence-electron chi connectivity index (χ2n) is 7.02. The number of aromatic nitrogens is 2. The number of likely N-dealkylation sites (tertiary alicyclic amines) is 1. The first-order chi connectivity index (χ1) is 13.9. The predicted octanol–water partition coefficient (Wildman–Crippen LogP) is 2.60. The lowest BCUT2D eigenvalue weighted by atomic mass is 10.0. The third-order valence-electron chi connectivity index (χ3n) is 4.65. The van der Waals surface area contributed by atoms with Gasteiger partial charge in [-0.2, -0.15) is 4.98 Å². The molecule has 1 N–H and O–H groups in total. The third-order valence-corrected chi connectivity index (χ3v) is 7.35. The number of carbonyl (C=O) groups excluding carboxylic acids is 1. The summed E-state index contributed by atoms with van der Waals surface area (Å²) in [6.07, 6.45) is 1.82. The van der Waals surface area contributed by atoms with Crippen molar-refractivity contribution in [2.75, 3.05) is 18.8 Å². The molecule has 1 amide bonds. The maximum absolute atomic E-state index is 13.1. The van der Waals surface area contributed by atoms with E-state index < -0.39 is 10.0 Å².